The van der Waals surface area contributed by atoms with Crippen molar-refractivity contribution in [2.45, 2.75) is 57.0 Å². The Morgan fingerprint density at radius 1 is 1.34 bits per heavy atom. The fourth-order valence-corrected chi connectivity index (χ4v) is 4.31. The van der Waals surface area contributed by atoms with Crippen LogP contribution in [0.3, 0.4) is 0 Å². The lowest BCUT2D eigenvalue weighted by Crippen LogP contribution is -2.52. The summed E-state index contributed by atoms with van der Waals surface area (Å²) in [5, 5.41) is 13.1. The third-order valence-electron chi connectivity index (χ3n) is 5.93. The van der Waals surface area contributed by atoms with Crippen LogP contribution in [0.1, 0.15) is 50.5 Å². The average Bonchev–Trinajstić information content (AvgIpc) is 3.21. The molecule has 1 aliphatic heterocycles. The Hall–Kier alpha value is -2.59. The third kappa shape index (κ3) is 5.48. The summed E-state index contributed by atoms with van der Waals surface area (Å²) in [6.45, 7) is 1.42. The van der Waals surface area contributed by atoms with Gasteiger partial charge in [0.15, 0.2) is 0 Å². The molecule has 1 heterocycles. The quantitative estimate of drug-likeness (QED) is 0.735. The van der Waals surface area contributed by atoms with Crippen molar-refractivity contribution in [1.29, 1.82) is 5.26 Å². The van der Waals surface area contributed by atoms with Crippen molar-refractivity contribution in [3.05, 3.63) is 36.2 Å². The van der Waals surface area contributed by atoms with E-state index >= 15 is 0 Å². The van der Waals surface area contributed by atoms with Gasteiger partial charge in [-0.05, 0) is 43.0 Å². The highest BCUT2D eigenvalue weighted by molar-refractivity contribution is 5.86. The zero-order chi connectivity index (χ0) is 20.7. The highest BCUT2D eigenvalue weighted by Crippen LogP contribution is 2.30. The summed E-state index contributed by atoms with van der Waals surface area (Å²) in [5.41, 5.74) is 5.00. The van der Waals surface area contributed by atoms with Gasteiger partial charge in [0.25, 0.3) is 0 Å². The van der Waals surface area contributed by atoms with Gasteiger partial charge >= 0.3 is 6.09 Å². The van der Waals surface area contributed by atoms with Crippen LogP contribution in [0, 0.1) is 23.7 Å². The lowest BCUT2D eigenvalue weighted by atomic mass is 9.85. The van der Waals surface area contributed by atoms with Gasteiger partial charge in [-0.25, -0.2) is 4.79 Å². The fraction of sp³-hybridized carbons (Fsp3) is 0.545. The summed E-state index contributed by atoms with van der Waals surface area (Å²) in [6, 6.07) is 9.29. The normalized spacial score (nSPS) is 22.0. The summed E-state index contributed by atoms with van der Waals surface area (Å²) in [6.07, 6.45) is 8.30. The number of ether oxygens (including phenoxy) is 1. The van der Waals surface area contributed by atoms with Crippen molar-refractivity contribution in [1.82, 2.24) is 10.2 Å². The monoisotopic (exact) mass is 397 g/mol. The number of carbonyl (C=O) groups is 2. The number of hydrogen-bond acceptors (Lipinski definition) is 5. The fourth-order valence-electron chi connectivity index (χ4n) is 4.31. The molecule has 2 amide bonds. The van der Waals surface area contributed by atoms with Crippen LogP contribution in [0.25, 0.3) is 0 Å². The topological polar surface area (TPSA) is 108 Å². The lowest BCUT2D eigenvalue weighted by Gasteiger charge is -2.36. The SMILES string of the molecule is N#CC1(N(Cc2cccc(OC(N)=O)c2)C(=O)[CH]CC2CCCCC2)CCNC1. The summed E-state index contributed by atoms with van der Waals surface area (Å²) in [5.74, 6) is 0.771. The standard InChI is InChI=1S/C22H29N4O3/c23-15-22(11-12-25-16-22)26(20(27)10-9-17-5-2-1-3-6-17)14-18-7-4-8-19(13-18)29-21(24)28/h4,7-8,10,13,17,25H,1-3,5-6,9,11-12,14,16H2,(H2,24,28). The van der Waals surface area contributed by atoms with E-state index in [4.69, 9.17) is 10.5 Å². The number of primary amides is 1. The Labute approximate surface area is 172 Å². The predicted octanol–water partition coefficient (Wildman–Crippen LogP) is 2.90. The van der Waals surface area contributed by atoms with Crippen LogP contribution in [0.5, 0.6) is 5.75 Å². The number of carbonyl (C=O) groups excluding carboxylic acids is 2. The van der Waals surface area contributed by atoms with Crippen LogP contribution in [0.4, 0.5) is 4.79 Å². The second-order valence-electron chi connectivity index (χ2n) is 8.01. The number of benzene rings is 1. The molecular weight excluding hydrogens is 368 g/mol. The molecule has 1 saturated carbocycles. The number of rotatable bonds is 7. The van der Waals surface area contributed by atoms with Crippen molar-refractivity contribution in [3.8, 4) is 11.8 Å². The summed E-state index contributed by atoms with van der Waals surface area (Å²) in [7, 11) is 0. The van der Waals surface area contributed by atoms with E-state index in [2.05, 4.69) is 11.4 Å². The summed E-state index contributed by atoms with van der Waals surface area (Å²) >= 11 is 0. The first kappa shape index (κ1) is 21.1. The summed E-state index contributed by atoms with van der Waals surface area (Å²) < 4.78 is 4.95. The minimum atomic E-state index is -0.885. The molecule has 3 rings (SSSR count). The van der Waals surface area contributed by atoms with E-state index < -0.39 is 11.6 Å². The molecule has 1 aromatic rings. The van der Waals surface area contributed by atoms with Gasteiger partial charge in [0.05, 0.1) is 12.5 Å². The molecule has 1 aliphatic carbocycles. The molecule has 1 aromatic carbocycles. The Bertz CT molecular complexity index is 762. The molecule has 29 heavy (non-hydrogen) atoms. The van der Waals surface area contributed by atoms with Crippen molar-refractivity contribution in [2.24, 2.45) is 11.7 Å². The number of hydrogen-bond donors (Lipinski definition) is 2. The number of amides is 2. The molecule has 7 heteroatoms. The first-order valence-corrected chi connectivity index (χ1v) is 10.4. The molecule has 0 spiro atoms. The Balaban J connectivity index is 1.75. The molecule has 0 bridgehead atoms. The molecule has 2 fully saturated rings. The second-order valence-corrected chi connectivity index (χ2v) is 8.01. The van der Waals surface area contributed by atoms with Crippen molar-refractivity contribution in [3.63, 3.8) is 0 Å². The zero-order valence-electron chi connectivity index (χ0n) is 16.7. The van der Waals surface area contributed by atoms with E-state index in [0.717, 1.165) is 12.0 Å². The van der Waals surface area contributed by atoms with Crippen LogP contribution < -0.4 is 15.8 Å². The molecule has 1 unspecified atom stereocenters. The van der Waals surface area contributed by atoms with Gasteiger partial charge in [-0.1, -0.05) is 44.2 Å². The van der Waals surface area contributed by atoms with Crippen LogP contribution in [0.15, 0.2) is 24.3 Å². The van der Waals surface area contributed by atoms with Gasteiger partial charge in [0.2, 0.25) is 5.91 Å². The molecule has 2 aliphatic rings. The molecular formula is C22H29N4O3. The third-order valence-corrected chi connectivity index (χ3v) is 5.93. The molecule has 0 aromatic heterocycles. The first-order valence-electron chi connectivity index (χ1n) is 10.4. The van der Waals surface area contributed by atoms with E-state index in [1.165, 1.54) is 32.1 Å². The van der Waals surface area contributed by atoms with E-state index in [0.29, 0.717) is 31.2 Å². The van der Waals surface area contributed by atoms with Crippen LogP contribution >= 0.6 is 0 Å². The molecule has 1 saturated heterocycles. The van der Waals surface area contributed by atoms with E-state index in [1.807, 2.05) is 6.07 Å². The zero-order valence-corrected chi connectivity index (χ0v) is 16.7. The van der Waals surface area contributed by atoms with Crippen molar-refractivity contribution < 1.29 is 14.3 Å². The number of nitrogens with two attached hydrogens (primary N) is 1. The van der Waals surface area contributed by atoms with Crippen molar-refractivity contribution >= 4 is 12.0 Å². The maximum atomic E-state index is 13.2. The highest BCUT2D eigenvalue weighted by Gasteiger charge is 2.42. The predicted molar refractivity (Wildman–Crippen MR) is 109 cm³/mol. The van der Waals surface area contributed by atoms with Gasteiger partial charge in [-0.15, -0.1) is 0 Å². The highest BCUT2D eigenvalue weighted by atomic mass is 16.5. The van der Waals surface area contributed by atoms with Gasteiger partial charge in [0.1, 0.15) is 11.3 Å². The van der Waals surface area contributed by atoms with E-state index in [1.54, 1.807) is 29.5 Å². The largest absolute Gasteiger partial charge is 0.410 e. The lowest BCUT2D eigenvalue weighted by molar-refractivity contribution is -0.132. The minimum absolute atomic E-state index is 0.109. The number of nitrogens with one attached hydrogen (secondary N) is 1. The maximum absolute atomic E-state index is 13.2. The summed E-state index contributed by atoms with van der Waals surface area (Å²) in [4.78, 5) is 25.9. The van der Waals surface area contributed by atoms with Crippen LogP contribution in [-0.2, 0) is 11.3 Å². The minimum Gasteiger partial charge on any atom is -0.410 e. The van der Waals surface area contributed by atoms with E-state index in [9.17, 15) is 14.9 Å². The maximum Gasteiger partial charge on any atom is 0.409 e. The smallest absolute Gasteiger partial charge is 0.409 e. The Kier molecular flexibility index (Phi) is 7.10. The molecule has 155 valence electrons. The van der Waals surface area contributed by atoms with Gasteiger partial charge < -0.3 is 20.7 Å². The Morgan fingerprint density at radius 3 is 2.79 bits per heavy atom. The second kappa shape index (κ2) is 9.75. The molecule has 7 nitrogen and oxygen atoms in total. The van der Waals surface area contributed by atoms with Gasteiger partial charge in [-0.3, -0.25) is 4.79 Å². The van der Waals surface area contributed by atoms with Crippen LogP contribution in [0.2, 0.25) is 0 Å². The first-order chi connectivity index (χ1) is 14.0. The molecule has 1 radical (unpaired) electrons. The van der Waals surface area contributed by atoms with Gasteiger partial charge in [0, 0.05) is 13.1 Å². The molecule has 3 N–H and O–H groups in total. The number of nitrogens with zero attached hydrogens (tertiary/aromatic N) is 2. The van der Waals surface area contributed by atoms with E-state index in [-0.39, 0.29) is 12.5 Å². The van der Waals surface area contributed by atoms with Crippen LogP contribution in [-0.4, -0.2) is 35.5 Å². The number of nitriles is 1. The average molecular weight is 397 g/mol. The van der Waals surface area contributed by atoms with Gasteiger partial charge in [-0.2, -0.15) is 5.26 Å². The molecule has 1 atom stereocenters. The van der Waals surface area contributed by atoms with Crippen molar-refractivity contribution in [2.75, 3.05) is 13.1 Å². The Morgan fingerprint density at radius 2 is 2.14 bits per heavy atom.